The van der Waals surface area contributed by atoms with Gasteiger partial charge in [-0.25, -0.2) is 0 Å². The van der Waals surface area contributed by atoms with E-state index < -0.39 is 0 Å². The highest BCUT2D eigenvalue weighted by Crippen LogP contribution is 2.38. The summed E-state index contributed by atoms with van der Waals surface area (Å²) in [6, 6.07) is 9.55. The number of carbonyl (C=O) groups is 1. The molecular formula is C17H19ClN2O2S. The average Bonchev–Trinajstić information content (AvgIpc) is 2.99. The minimum atomic E-state index is -0.0214. The summed E-state index contributed by atoms with van der Waals surface area (Å²) in [4.78, 5) is 15.5. The summed E-state index contributed by atoms with van der Waals surface area (Å²) in [6.45, 7) is 3.79. The predicted molar refractivity (Wildman–Crippen MR) is 94.2 cm³/mol. The van der Waals surface area contributed by atoms with Gasteiger partial charge in [0.25, 0.3) is 0 Å². The Morgan fingerprint density at radius 1 is 1.48 bits per heavy atom. The molecule has 1 aromatic carbocycles. The Bertz CT molecular complexity index is 675. The zero-order chi connectivity index (χ0) is 16.2. The summed E-state index contributed by atoms with van der Waals surface area (Å²) in [5, 5.41) is 4.11. The lowest BCUT2D eigenvalue weighted by molar-refractivity contribution is -0.120. The molecular weight excluding hydrogens is 332 g/mol. The van der Waals surface area contributed by atoms with Crippen molar-refractivity contribution in [1.82, 2.24) is 5.32 Å². The van der Waals surface area contributed by atoms with E-state index in [9.17, 15) is 4.79 Å². The highest BCUT2D eigenvalue weighted by atomic mass is 35.5. The van der Waals surface area contributed by atoms with Crippen molar-refractivity contribution in [1.29, 1.82) is 0 Å². The second kappa shape index (κ2) is 7.32. The molecule has 23 heavy (non-hydrogen) atoms. The first-order valence-corrected chi connectivity index (χ1v) is 8.88. The molecule has 0 bridgehead atoms. The van der Waals surface area contributed by atoms with Crippen LogP contribution in [0.1, 0.15) is 19.1 Å². The first-order chi connectivity index (χ1) is 11.1. The van der Waals surface area contributed by atoms with Crippen LogP contribution >= 0.6 is 23.4 Å². The van der Waals surface area contributed by atoms with Crippen LogP contribution in [-0.2, 0) is 11.3 Å². The second-order valence-electron chi connectivity index (χ2n) is 5.61. The summed E-state index contributed by atoms with van der Waals surface area (Å²) in [7, 11) is 0. The molecule has 1 amide bonds. The number of thioether (sulfide) groups is 1. The molecule has 4 nitrogen and oxygen atoms in total. The molecule has 2 aromatic rings. The molecule has 1 N–H and O–H groups in total. The number of fused-ring (bicyclic) bond motifs is 1. The molecule has 6 heteroatoms. The Morgan fingerprint density at radius 3 is 3.13 bits per heavy atom. The second-order valence-corrected chi connectivity index (χ2v) is 7.52. The molecule has 2 heterocycles. The molecule has 1 aromatic heterocycles. The topological polar surface area (TPSA) is 45.5 Å². The third-order valence-corrected chi connectivity index (χ3v) is 5.24. The van der Waals surface area contributed by atoms with Gasteiger partial charge in [-0.2, -0.15) is 0 Å². The Balaban J connectivity index is 1.69. The third-order valence-electron chi connectivity index (χ3n) is 3.77. The van der Waals surface area contributed by atoms with Crippen LogP contribution < -0.4 is 10.2 Å². The third kappa shape index (κ3) is 4.24. The highest BCUT2D eigenvalue weighted by molar-refractivity contribution is 8.00. The van der Waals surface area contributed by atoms with E-state index >= 15 is 0 Å². The van der Waals surface area contributed by atoms with E-state index in [4.69, 9.17) is 16.0 Å². The van der Waals surface area contributed by atoms with Crippen molar-refractivity contribution in [3.63, 3.8) is 0 Å². The number of hydrogen-bond donors (Lipinski definition) is 1. The maximum atomic E-state index is 12.3. The van der Waals surface area contributed by atoms with E-state index in [0.29, 0.717) is 23.4 Å². The SMILES string of the molecule is C[C@@H]1CCN(CC(=O)NCc2ccco2)c2cc(Cl)ccc2S1. The zero-order valence-electron chi connectivity index (χ0n) is 12.9. The molecule has 1 atom stereocenters. The minimum absolute atomic E-state index is 0.0214. The van der Waals surface area contributed by atoms with Crippen molar-refractivity contribution in [3.05, 3.63) is 47.4 Å². The van der Waals surface area contributed by atoms with Crippen LogP contribution in [0.4, 0.5) is 5.69 Å². The molecule has 0 spiro atoms. The van der Waals surface area contributed by atoms with Gasteiger partial charge in [0, 0.05) is 21.7 Å². The Hall–Kier alpha value is -1.59. The lowest BCUT2D eigenvalue weighted by Gasteiger charge is -2.24. The number of halogens is 1. The summed E-state index contributed by atoms with van der Waals surface area (Å²) < 4.78 is 5.23. The van der Waals surface area contributed by atoms with Crippen molar-refractivity contribution in [2.45, 2.75) is 30.0 Å². The van der Waals surface area contributed by atoms with Crippen LogP contribution in [-0.4, -0.2) is 24.2 Å². The number of hydrogen-bond acceptors (Lipinski definition) is 4. The first kappa shape index (κ1) is 16.3. The lowest BCUT2D eigenvalue weighted by atomic mass is 10.2. The van der Waals surface area contributed by atoms with Crippen molar-refractivity contribution in [2.24, 2.45) is 0 Å². The van der Waals surface area contributed by atoms with Crippen LogP contribution in [0.25, 0.3) is 0 Å². The molecule has 0 radical (unpaired) electrons. The molecule has 1 aliphatic rings. The van der Waals surface area contributed by atoms with E-state index in [1.807, 2.05) is 42.1 Å². The van der Waals surface area contributed by atoms with Gasteiger partial charge in [0.1, 0.15) is 5.76 Å². The van der Waals surface area contributed by atoms with Gasteiger partial charge in [-0.1, -0.05) is 18.5 Å². The number of carbonyl (C=O) groups excluding carboxylic acids is 1. The van der Waals surface area contributed by atoms with Gasteiger partial charge in [0.05, 0.1) is 25.0 Å². The van der Waals surface area contributed by atoms with Crippen LogP contribution in [0.5, 0.6) is 0 Å². The molecule has 0 saturated heterocycles. The van der Waals surface area contributed by atoms with E-state index in [1.165, 1.54) is 4.90 Å². The zero-order valence-corrected chi connectivity index (χ0v) is 14.5. The lowest BCUT2D eigenvalue weighted by Crippen LogP contribution is -2.37. The summed E-state index contributed by atoms with van der Waals surface area (Å²) in [6.07, 6.45) is 2.63. The molecule has 0 aliphatic carbocycles. The molecule has 3 rings (SSSR count). The standard InChI is InChI=1S/C17H19ClN2O2S/c1-12-6-7-20(15-9-13(18)4-5-16(15)23-12)11-17(21)19-10-14-3-2-8-22-14/h2-5,8-9,12H,6-7,10-11H2,1H3,(H,19,21)/t12-/m1/s1. The molecule has 0 unspecified atom stereocenters. The van der Waals surface area contributed by atoms with Gasteiger partial charge < -0.3 is 14.6 Å². The highest BCUT2D eigenvalue weighted by Gasteiger charge is 2.21. The van der Waals surface area contributed by atoms with Crippen LogP contribution in [0, 0.1) is 0 Å². The Kier molecular flexibility index (Phi) is 5.18. The van der Waals surface area contributed by atoms with Gasteiger partial charge >= 0.3 is 0 Å². The maximum absolute atomic E-state index is 12.3. The monoisotopic (exact) mass is 350 g/mol. The van der Waals surface area contributed by atoms with Gasteiger partial charge in [-0.3, -0.25) is 4.79 Å². The van der Waals surface area contributed by atoms with E-state index in [1.54, 1.807) is 6.26 Å². The minimum Gasteiger partial charge on any atom is -0.467 e. The average molecular weight is 351 g/mol. The molecule has 0 saturated carbocycles. The molecule has 0 fully saturated rings. The Labute approximate surface area is 145 Å². The molecule has 1 aliphatic heterocycles. The fourth-order valence-electron chi connectivity index (χ4n) is 2.56. The number of rotatable bonds is 4. The summed E-state index contributed by atoms with van der Waals surface area (Å²) in [5.74, 6) is 0.730. The van der Waals surface area contributed by atoms with Gasteiger partial charge in [-0.05, 0) is 36.8 Å². The number of benzene rings is 1. The predicted octanol–water partition coefficient (Wildman–Crippen LogP) is 3.94. The van der Waals surface area contributed by atoms with Crippen LogP contribution in [0.15, 0.2) is 45.9 Å². The summed E-state index contributed by atoms with van der Waals surface area (Å²) in [5.41, 5.74) is 1.04. The van der Waals surface area contributed by atoms with Crippen molar-refractivity contribution in [2.75, 3.05) is 18.0 Å². The smallest absolute Gasteiger partial charge is 0.239 e. The number of anilines is 1. The quantitative estimate of drug-likeness (QED) is 0.907. The maximum Gasteiger partial charge on any atom is 0.239 e. The van der Waals surface area contributed by atoms with Crippen LogP contribution in [0.2, 0.25) is 5.02 Å². The van der Waals surface area contributed by atoms with Crippen molar-refractivity contribution in [3.8, 4) is 0 Å². The van der Waals surface area contributed by atoms with Crippen molar-refractivity contribution < 1.29 is 9.21 Å². The number of nitrogens with one attached hydrogen (secondary N) is 1. The summed E-state index contributed by atoms with van der Waals surface area (Å²) >= 11 is 7.98. The number of nitrogens with zero attached hydrogens (tertiary/aromatic N) is 1. The number of furan rings is 1. The fourth-order valence-corrected chi connectivity index (χ4v) is 3.84. The van der Waals surface area contributed by atoms with Gasteiger partial charge in [-0.15, -0.1) is 11.8 Å². The molecule has 122 valence electrons. The normalized spacial score (nSPS) is 17.5. The van der Waals surface area contributed by atoms with E-state index in [0.717, 1.165) is 24.4 Å². The fraction of sp³-hybridized carbons (Fsp3) is 0.353. The van der Waals surface area contributed by atoms with Crippen molar-refractivity contribution >= 4 is 35.0 Å². The number of amides is 1. The van der Waals surface area contributed by atoms with Crippen LogP contribution in [0.3, 0.4) is 0 Å². The first-order valence-electron chi connectivity index (χ1n) is 7.62. The van der Waals surface area contributed by atoms with Gasteiger partial charge in [0.2, 0.25) is 5.91 Å². The van der Waals surface area contributed by atoms with Gasteiger partial charge in [0.15, 0.2) is 0 Å². The van der Waals surface area contributed by atoms with E-state index in [-0.39, 0.29) is 5.91 Å². The largest absolute Gasteiger partial charge is 0.467 e. The Morgan fingerprint density at radius 2 is 2.35 bits per heavy atom. The van der Waals surface area contributed by atoms with E-state index in [2.05, 4.69) is 17.1 Å².